The van der Waals surface area contributed by atoms with E-state index in [0.717, 1.165) is 5.56 Å². The highest BCUT2D eigenvalue weighted by Crippen LogP contribution is 2.43. The van der Waals surface area contributed by atoms with Gasteiger partial charge in [-0.3, -0.25) is 14.7 Å². The van der Waals surface area contributed by atoms with Crippen LogP contribution in [0, 0.1) is 0 Å². The van der Waals surface area contributed by atoms with Gasteiger partial charge in [-0.2, -0.15) is 0 Å². The quantitative estimate of drug-likeness (QED) is 0.658. The third kappa shape index (κ3) is 3.46. The molecule has 0 bridgehead atoms. The molecule has 5 nitrogen and oxygen atoms in total. The van der Waals surface area contributed by atoms with Crippen LogP contribution in [0.25, 0.3) is 0 Å². The van der Waals surface area contributed by atoms with Crippen LogP contribution in [0.1, 0.15) is 54.7 Å². The molecular weight excluding hydrogens is 374 g/mol. The number of anilines is 2. The summed E-state index contributed by atoms with van der Waals surface area (Å²) < 4.78 is 0. The summed E-state index contributed by atoms with van der Waals surface area (Å²) in [5, 5.41) is 14.7. The standard InChI is InChI=1S/C25H27N3O2/c1-24(2,3)18-8-10-19(11-9-18)28-23(29)22-20(25(28,4)30)6-5-7-21(22)27-16-17-12-14-26-15-13-17/h5-15,27,30H,16H2,1-4H3. The SMILES string of the molecule is CC(C)(C)c1ccc(N2C(=O)c3c(NCc4ccncc4)cccc3C2(C)O)cc1. The molecule has 2 aromatic carbocycles. The van der Waals surface area contributed by atoms with E-state index in [-0.39, 0.29) is 11.3 Å². The topological polar surface area (TPSA) is 65.5 Å². The van der Waals surface area contributed by atoms with E-state index >= 15 is 0 Å². The van der Waals surface area contributed by atoms with Gasteiger partial charge in [0.2, 0.25) is 0 Å². The Hall–Kier alpha value is -3.18. The van der Waals surface area contributed by atoms with Gasteiger partial charge >= 0.3 is 0 Å². The van der Waals surface area contributed by atoms with Crippen LogP contribution in [0.2, 0.25) is 0 Å². The fraction of sp³-hybridized carbons (Fsp3) is 0.280. The number of carbonyl (C=O) groups is 1. The average Bonchev–Trinajstić information content (AvgIpc) is 2.92. The number of fused-ring (bicyclic) bond motifs is 1. The van der Waals surface area contributed by atoms with Crippen molar-refractivity contribution in [2.45, 2.75) is 45.4 Å². The molecule has 0 fully saturated rings. The van der Waals surface area contributed by atoms with E-state index in [2.05, 4.69) is 31.1 Å². The van der Waals surface area contributed by atoms with Crippen LogP contribution < -0.4 is 10.2 Å². The van der Waals surface area contributed by atoms with Crippen LogP contribution in [0.15, 0.2) is 67.0 Å². The van der Waals surface area contributed by atoms with Crippen LogP contribution in [-0.2, 0) is 17.7 Å². The summed E-state index contributed by atoms with van der Waals surface area (Å²) >= 11 is 0. The van der Waals surface area contributed by atoms with E-state index in [1.54, 1.807) is 19.3 Å². The minimum absolute atomic E-state index is 0.0169. The van der Waals surface area contributed by atoms with Crippen molar-refractivity contribution in [2.75, 3.05) is 10.2 Å². The Morgan fingerprint density at radius 1 is 1.03 bits per heavy atom. The maximum absolute atomic E-state index is 13.4. The van der Waals surface area contributed by atoms with Gasteiger partial charge in [0.25, 0.3) is 5.91 Å². The van der Waals surface area contributed by atoms with Crippen molar-refractivity contribution in [3.05, 3.63) is 89.2 Å². The number of aromatic nitrogens is 1. The number of amides is 1. The maximum atomic E-state index is 13.4. The van der Waals surface area contributed by atoms with Gasteiger partial charge in [-0.1, -0.05) is 45.0 Å². The zero-order chi connectivity index (χ0) is 21.5. The molecule has 0 radical (unpaired) electrons. The fourth-order valence-electron chi connectivity index (χ4n) is 3.93. The van der Waals surface area contributed by atoms with Crippen molar-refractivity contribution in [1.82, 2.24) is 4.98 Å². The van der Waals surface area contributed by atoms with Crippen molar-refractivity contribution in [1.29, 1.82) is 0 Å². The number of hydrogen-bond donors (Lipinski definition) is 2. The lowest BCUT2D eigenvalue weighted by molar-refractivity contribution is 0.0555. The molecule has 1 atom stereocenters. The van der Waals surface area contributed by atoms with Crippen LogP contribution in [0.5, 0.6) is 0 Å². The summed E-state index contributed by atoms with van der Waals surface area (Å²) in [6.07, 6.45) is 3.48. The molecule has 5 heteroatoms. The number of nitrogens with one attached hydrogen (secondary N) is 1. The van der Waals surface area contributed by atoms with Gasteiger partial charge < -0.3 is 10.4 Å². The van der Waals surface area contributed by atoms with Gasteiger partial charge in [0, 0.05) is 35.9 Å². The third-order valence-corrected chi connectivity index (χ3v) is 5.65. The molecule has 3 aromatic rings. The van der Waals surface area contributed by atoms with E-state index in [1.165, 1.54) is 10.5 Å². The summed E-state index contributed by atoms with van der Waals surface area (Å²) in [4.78, 5) is 18.9. The number of carbonyl (C=O) groups excluding carboxylic acids is 1. The Morgan fingerprint density at radius 2 is 1.70 bits per heavy atom. The molecule has 0 saturated heterocycles. The molecule has 30 heavy (non-hydrogen) atoms. The summed E-state index contributed by atoms with van der Waals surface area (Å²) in [6.45, 7) is 8.68. The molecule has 0 aliphatic carbocycles. The van der Waals surface area contributed by atoms with E-state index < -0.39 is 5.72 Å². The summed E-state index contributed by atoms with van der Waals surface area (Å²) in [7, 11) is 0. The lowest BCUT2D eigenvalue weighted by Crippen LogP contribution is -2.41. The fourth-order valence-corrected chi connectivity index (χ4v) is 3.93. The van der Waals surface area contributed by atoms with Crippen LogP contribution in [-0.4, -0.2) is 16.0 Å². The van der Waals surface area contributed by atoms with E-state index in [1.807, 2.05) is 54.6 Å². The molecule has 1 unspecified atom stereocenters. The largest absolute Gasteiger partial charge is 0.380 e. The Kier molecular flexibility index (Phi) is 4.86. The lowest BCUT2D eigenvalue weighted by Gasteiger charge is -2.31. The molecule has 154 valence electrons. The Labute approximate surface area is 177 Å². The van der Waals surface area contributed by atoms with Crippen molar-refractivity contribution < 1.29 is 9.90 Å². The van der Waals surface area contributed by atoms with Crippen molar-refractivity contribution in [2.24, 2.45) is 0 Å². The first-order valence-corrected chi connectivity index (χ1v) is 10.1. The first kappa shape index (κ1) is 20.1. The Bertz CT molecular complexity index is 1070. The maximum Gasteiger partial charge on any atom is 0.263 e. The van der Waals surface area contributed by atoms with Gasteiger partial charge in [-0.15, -0.1) is 0 Å². The van der Waals surface area contributed by atoms with Crippen LogP contribution in [0.4, 0.5) is 11.4 Å². The number of hydrogen-bond acceptors (Lipinski definition) is 4. The minimum atomic E-state index is -1.43. The summed E-state index contributed by atoms with van der Waals surface area (Å²) in [5.41, 5.74) is 3.33. The first-order chi connectivity index (χ1) is 14.2. The molecule has 1 aromatic heterocycles. The molecule has 2 N–H and O–H groups in total. The van der Waals surface area contributed by atoms with E-state index in [9.17, 15) is 9.90 Å². The van der Waals surface area contributed by atoms with E-state index in [4.69, 9.17) is 0 Å². The molecule has 1 amide bonds. The molecular formula is C25H27N3O2. The van der Waals surface area contributed by atoms with Crippen LogP contribution in [0.3, 0.4) is 0 Å². The zero-order valence-corrected chi connectivity index (χ0v) is 17.8. The number of aliphatic hydroxyl groups is 1. The molecule has 2 heterocycles. The summed E-state index contributed by atoms with van der Waals surface area (Å²) in [6, 6.07) is 17.3. The number of pyridine rings is 1. The van der Waals surface area contributed by atoms with Crippen LogP contribution >= 0.6 is 0 Å². The smallest absolute Gasteiger partial charge is 0.263 e. The van der Waals surface area contributed by atoms with Crippen molar-refractivity contribution >= 4 is 17.3 Å². The van der Waals surface area contributed by atoms with Gasteiger partial charge in [0.05, 0.1) is 5.56 Å². The highest BCUT2D eigenvalue weighted by atomic mass is 16.3. The Balaban J connectivity index is 1.68. The second-order valence-corrected chi connectivity index (χ2v) is 8.90. The van der Waals surface area contributed by atoms with Crippen molar-refractivity contribution in [3.63, 3.8) is 0 Å². The van der Waals surface area contributed by atoms with Crippen molar-refractivity contribution in [3.8, 4) is 0 Å². The molecule has 1 aliphatic rings. The van der Waals surface area contributed by atoms with E-state index in [0.29, 0.717) is 29.0 Å². The molecule has 0 spiro atoms. The second-order valence-electron chi connectivity index (χ2n) is 8.90. The molecule has 0 saturated carbocycles. The zero-order valence-electron chi connectivity index (χ0n) is 17.8. The highest BCUT2D eigenvalue weighted by molar-refractivity contribution is 6.15. The number of nitrogens with zero attached hydrogens (tertiary/aromatic N) is 2. The monoisotopic (exact) mass is 401 g/mol. The number of rotatable bonds is 4. The lowest BCUT2D eigenvalue weighted by atomic mass is 9.87. The highest BCUT2D eigenvalue weighted by Gasteiger charge is 2.47. The predicted octanol–water partition coefficient (Wildman–Crippen LogP) is 4.82. The Morgan fingerprint density at radius 3 is 2.33 bits per heavy atom. The second kappa shape index (κ2) is 7.26. The summed E-state index contributed by atoms with van der Waals surface area (Å²) in [5.74, 6) is -0.212. The van der Waals surface area contributed by atoms with Gasteiger partial charge in [-0.25, -0.2) is 0 Å². The average molecular weight is 402 g/mol. The first-order valence-electron chi connectivity index (χ1n) is 10.1. The number of benzene rings is 2. The molecule has 4 rings (SSSR count). The van der Waals surface area contributed by atoms with Gasteiger partial charge in [-0.05, 0) is 53.8 Å². The minimum Gasteiger partial charge on any atom is -0.380 e. The van der Waals surface area contributed by atoms with Gasteiger partial charge in [0.1, 0.15) is 0 Å². The normalized spacial score (nSPS) is 18.4. The van der Waals surface area contributed by atoms with Gasteiger partial charge in [0.15, 0.2) is 5.72 Å². The third-order valence-electron chi connectivity index (χ3n) is 5.65. The predicted molar refractivity (Wildman–Crippen MR) is 120 cm³/mol. The molecule has 1 aliphatic heterocycles.